The number of hydrogen-bond donors (Lipinski definition) is 4. The van der Waals surface area contributed by atoms with E-state index in [1.165, 1.54) is 4.88 Å². The van der Waals surface area contributed by atoms with Crippen LogP contribution in [0.1, 0.15) is 39.6 Å². The fourth-order valence-corrected chi connectivity index (χ4v) is 6.12. The van der Waals surface area contributed by atoms with Crippen LogP contribution < -0.4 is 5.73 Å². The fraction of sp³-hybridized carbons (Fsp3) is 0.316. The van der Waals surface area contributed by atoms with Gasteiger partial charge in [-0.05, 0) is 61.1 Å². The van der Waals surface area contributed by atoms with Gasteiger partial charge in [0.05, 0.1) is 11.1 Å². The third-order valence-electron chi connectivity index (χ3n) is 5.14. The minimum Gasteiger partial charge on any atom is -0.366 e. The SMILES string of the molecule is Cc1ccc(-c2cc(C(N)=O)c3[nH]cc(C4CCS(O)(O)CC4)c3c2)s1. The van der Waals surface area contributed by atoms with Gasteiger partial charge in [-0.1, -0.05) is 0 Å². The van der Waals surface area contributed by atoms with Gasteiger partial charge in [-0.25, -0.2) is 0 Å². The molecule has 0 radical (unpaired) electrons. The summed E-state index contributed by atoms with van der Waals surface area (Å²) < 4.78 is 19.8. The molecular weight excluding hydrogens is 368 g/mol. The van der Waals surface area contributed by atoms with Crippen LogP contribution in [0.3, 0.4) is 0 Å². The van der Waals surface area contributed by atoms with E-state index in [1.807, 2.05) is 12.3 Å². The molecule has 3 aromatic rings. The Kier molecular flexibility index (Phi) is 4.35. The second-order valence-corrected chi connectivity index (χ2v) is 10.7. The third-order valence-corrected chi connectivity index (χ3v) is 7.97. The van der Waals surface area contributed by atoms with E-state index in [4.69, 9.17) is 5.73 Å². The predicted octanol–water partition coefficient (Wildman–Crippen LogP) is 4.93. The molecule has 5 N–H and O–H groups in total. The molecule has 0 spiro atoms. The molecule has 2 aromatic heterocycles. The topological polar surface area (TPSA) is 99.3 Å². The molecule has 138 valence electrons. The largest absolute Gasteiger partial charge is 0.366 e. The van der Waals surface area contributed by atoms with Gasteiger partial charge in [-0.3, -0.25) is 13.9 Å². The molecule has 0 unspecified atom stereocenters. The van der Waals surface area contributed by atoms with Crippen molar-refractivity contribution in [2.24, 2.45) is 5.73 Å². The van der Waals surface area contributed by atoms with Crippen molar-refractivity contribution in [2.45, 2.75) is 25.7 Å². The molecule has 0 bridgehead atoms. The highest BCUT2D eigenvalue weighted by atomic mass is 32.3. The number of carbonyl (C=O) groups excluding carboxylic acids is 1. The number of nitrogens with two attached hydrogens (primary N) is 1. The summed E-state index contributed by atoms with van der Waals surface area (Å²) in [5, 5.41) is 1.01. The maximum absolute atomic E-state index is 12.0. The molecule has 26 heavy (non-hydrogen) atoms. The first kappa shape index (κ1) is 17.6. The van der Waals surface area contributed by atoms with E-state index in [2.05, 4.69) is 30.1 Å². The second kappa shape index (κ2) is 6.42. The molecule has 3 heterocycles. The van der Waals surface area contributed by atoms with E-state index >= 15 is 0 Å². The number of carbonyl (C=O) groups is 1. The number of thiophene rings is 1. The van der Waals surface area contributed by atoms with E-state index < -0.39 is 16.5 Å². The number of nitrogens with one attached hydrogen (secondary N) is 1. The molecule has 1 fully saturated rings. The summed E-state index contributed by atoms with van der Waals surface area (Å²) in [4.78, 5) is 17.6. The number of H-pyrrole nitrogens is 1. The van der Waals surface area contributed by atoms with Crippen molar-refractivity contribution in [3.63, 3.8) is 0 Å². The van der Waals surface area contributed by atoms with Crippen molar-refractivity contribution < 1.29 is 13.9 Å². The third kappa shape index (κ3) is 3.16. The highest BCUT2D eigenvalue weighted by Crippen LogP contribution is 2.49. The zero-order valence-corrected chi connectivity index (χ0v) is 16.1. The minimum absolute atomic E-state index is 0.254. The molecule has 0 atom stereocenters. The Balaban J connectivity index is 1.83. The highest BCUT2D eigenvalue weighted by molar-refractivity contribution is 8.24. The monoisotopic (exact) mass is 390 g/mol. The van der Waals surface area contributed by atoms with Gasteiger partial charge in [0, 0.05) is 32.8 Å². The Morgan fingerprint density at radius 2 is 2.00 bits per heavy atom. The molecule has 7 heteroatoms. The van der Waals surface area contributed by atoms with Gasteiger partial charge in [0.25, 0.3) is 5.91 Å². The summed E-state index contributed by atoms with van der Waals surface area (Å²) in [6, 6.07) is 8.10. The van der Waals surface area contributed by atoms with Gasteiger partial charge >= 0.3 is 0 Å². The number of amides is 1. The summed E-state index contributed by atoms with van der Waals surface area (Å²) in [5.74, 6) is 0.689. The molecule has 0 aliphatic carbocycles. The van der Waals surface area contributed by atoms with Crippen LogP contribution in [-0.2, 0) is 0 Å². The van der Waals surface area contributed by atoms with Crippen LogP contribution in [0.4, 0.5) is 0 Å². The lowest BCUT2D eigenvalue weighted by atomic mass is 9.91. The zero-order valence-electron chi connectivity index (χ0n) is 14.5. The molecule has 1 aliphatic rings. The number of aromatic amines is 1. The van der Waals surface area contributed by atoms with Gasteiger partial charge in [0.1, 0.15) is 0 Å². The molecule has 0 saturated carbocycles. The highest BCUT2D eigenvalue weighted by Gasteiger charge is 2.27. The Hall–Kier alpha value is -1.80. The van der Waals surface area contributed by atoms with E-state index in [0.29, 0.717) is 17.1 Å². The fourth-order valence-electron chi connectivity index (χ4n) is 3.74. The molecule has 5 nitrogen and oxygen atoms in total. The van der Waals surface area contributed by atoms with E-state index in [0.717, 1.165) is 39.7 Å². The Bertz CT molecular complexity index is 980. The van der Waals surface area contributed by atoms with E-state index in [1.54, 1.807) is 11.3 Å². The average Bonchev–Trinajstić information content (AvgIpc) is 3.20. The minimum atomic E-state index is -2.41. The number of benzene rings is 1. The Morgan fingerprint density at radius 1 is 1.27 bits per heavy atom. The average molecular weight is 391 g/mol. The molecular formula is C19H22N2O3S2. The summed E-state index contributed by atoms with van der Waals surface area (Å²) in [6.45, 7) is 2.06. The van der Waals surface area contributed by atoms with Crippen molar-refractivity contribution in [3.05, 3.63) is 46.5 Å². The lowest BCUT2D eigenvalue weighted by Gasteiger charge is -2.39. The number of hydrogen-bond acceptors (Lipinski definition) is 4. The van der Waals surface area contributed by atoms with Gasteiger partial charge in [-0.2, -0.15) is 10.6 Å². The van der Waals surface area contributed by atoms with Crippen molar-refractivity contribution >= 4 is 38.7 Å². The van der Waals surface area contributed by atoms with Crippen LogP contribution in [0, 0.1) is 6.92 Å². The van der Waals surface area contributed by atoms with E-state index in [-0.39, 0.29) is 5.92 Å². The van der Waals surface area contributed by atoms with Gasteiger partial charge in [0.15, 0.2) is 0 Å². The van der Waals surface area contributed by atoms with Crippen LogP contribution in [-0.4, -0.2) is 31.5 Å². The van der Waals surface area contributed by atoms with Crippen LogP contribution in [0.25, 0.3) is 21.3 Å². The Morgan fingerprint density at radius 3 is 2.62 bits per heavy atom. The number of aryl methyl sites for hydroxylation is 1. The Labute approximate surface area is 157 Å². The zero-order chi connectivity index (χ0) is 18.5. The van der Waals surface area contributed by atoms with Crippen molar-refractivity contribution in [3.8, 4) is 10.4 Å². The first-order chi connectivity index (χ1) is 12.3. The van der Waals surface area contributed by atoms with Crippen molar-refractivity contribution in [1.29, 1.82) is 0 Å². The predicted molar refractivity (Wildman–Crippen MR) is 109 cm³/mol. The summed E-state index contributed by atoms with van der Waals surface area (Å²) in [7, 11) is -2.41. The lowest BCUT2D eigenvalue weighted by molar-refractivity contribution is 0.100. The van der Waals surface area contributed by atoms with Crippen LogP contribution >= 0.6 is 21.9 Å². The molecule has 1 amide bonds. The molecule has 1 aromatic carbocycles. The molecule has 1 aliphatic heterocycles. The molecule has 1 saturated heterocycles. The quantitative estimate of drug-likeness (QED) is 0.510. The van der Waals surface area contributed by atoms with Crippen molar-refractivity contribution in [2.75, 3.05) is 11.5 Å². The number of aromatic nitrogens is 1. The lowest BCUT2D eigenvalue weighted by Crippen LogP contribution is -2.19. The van der Waals surface area contributed by atoms with Crippen LogP contribution in [0.2, 0.25) is 0 Å². The summed E-state index contributed by atoms with van der Waals surface area (Å²) in [6.07, 6.45) is 3.43. The normalized spacial score (nSPS) is 18.9. The van der Waals surface area contributed by atoms with Crippen LogP contribution in [0.5, 0.6) is 0 Å². The standard InChI is InChI=1S/C19H22N2O3S2/c1-11-2-3-17(25-11)13-8-14-16(12-4-6-26(23,24)7-5-12)10-21-18(14)15(9-13)19(20)22/h2-3,8-10,12,21,23-24H,4-7H2,1H3,(H2,20,22). The first-order valence-electron chi connectivity index (χ1n) is 8.59. The summed E-state index contributed by atoms with van der Waals surface area (Å²) >= 11 is 1.69. The van der Waals surface area contributed by atoms with Gasteiger partial charge < -0.3 is 10.7 Å². The maximum atomic E-state index is 12.0. The first-order valence-corrected chi connectivity index (χ1v) is 11.3. The second-order valence-electron chi connectivity index (χ2n) is 6.95. The summed E-state index contributed by atoms with van der Waals surface area (Å²) in [5.41, 5.74) is 9.02. The number of rotatable bonds is 3. The maximum Gasteiger partial charge on any atom is 0.250 e. The number of fused-ring (bicyclic) bond motifs is 1. The van der Waals surface area contributed by atoms with E-state index in [9.17, 15) is 13.9 Å². The number of primary amides is 1. The van der Waals surface area contributed by atoms with Crippen molar-refractivity contribution in [1.82, 2.24) is 4.98 Å². The van der Waals surface area contributed by atoms with Gasteiger partial charge in [0.2, 0.25) is 0 Å². The van der Waals surface area contributed by atoms with Gasteiger partial charge in [-0.15, -0.1) is 11.3 Å². The smallest absolute Gasteiger partial charge is 0.250 e. The molecule has 4 rings (SSSR count). The van der Waals surface area contributed by atoms with Crippen LogP contribution in [0.15, 0.2) is 30.5 Å².